The van der Waals surface area contributed by atoms with E-state index in [4.69, 9.17) is 6.42 Å². The van der Waals surface area contributed by atoms with E-state index >= 15 is 0 Å². The first-order valence-electron chi connectivity index (χ1n) is 7.89. The Balaban J connectivity index is 1.84. The molecule has 0 aliphatic heterocycles. The summed E-state index contributed by atoms with van der Waals surface area (Å²) >= 11 is 0. The minimum Gasteiger partial charge on any atom is -0.267 e. The van der Waals surface area contributed by atoms with Crippen LogP contribution < -0.4 is 11.1 Å². The smallest absolute Gasteiger partial charge is 0.267 e. The predicted molar refractivity (Wildman–Crippen MR) is 92.5 cm³/mol. The van der Waals surface area contributed by atoms with E-state index in [1.807, 2.05) is 0 Å². The maximum atomic E-state index is 12.8. The topological polar surface area (TPSA) is 139 Å². The zero-order valence-electron chi connectivity index (χ0n) is 14.1. The largest absolute Gasteiger partial charge is 0.278 e. The van der Waals surface area contributed by atoms with Gasteiger partial charge in [0, 0.05) is 0 Å². The van der Waals surface area contributed by atoms with Gasteiger partial charge >= 0.3 is 0 Å². The van der Waals surface area contributed by atoms with Crippen molar-refractivity contribution in [1.29, 1.82) is 0 Å². The molecule has 0 N–H and O–H groups in total. The van der Waals surface area contributed by atoms with Crippen molar-refractivity contribution in [2.45, 2.75) is 26.1 Å². The quantitative estimate of drug-likeness (QED) is 0.322. The van der Waals surface area contributed by atoms with Crippen molar-refractivity contribution in [2.75, 3.05) is 0 Å². The molecule has 0 saturated heterocycles. The number of rotatable bonds is 4. The van der Waals surface area contributed by atoms with Crippen LogP contribution in [0.15, 0.2) is 28.0 Å². The van der Waals surface area contributed by atoms with Gasteiger partial charge in [-0.05, 0) is 24.3 Å². The zero-order valence-corrected chi connectivity index (χ0v) is 14.1. The highest BCUT2D eigenvalue weighted by Gasteiger charge is 2.15. The molecule has 0 aliphatic rings. The van der Waals surface area contributed by atoms with Crippen LogP contribution in [0.4, 0.5) is 0 Å². The number of hydrogen-bond donors (Lipinski definition) is 0. The summed E-state index contributed by atoms with van der Waals surface area (Å²) < 4.78 is 2.29. The van der Waals surface area contributed by atoms with Crippen molar-refractivity contribution in [1.82, 2.24) is 50.2 Å². The summed E-state index contributed by atoms with van der Waals surface area (Å²) in [6, 6.07) is 2.58. The summed E-state index contributed by atoms with van der Waals surface area (Å²) in [5.41, 5.74) is -0.212. The van der Waals surface area contributed by atoms with Crippen LogP contribution in [-0.2, 0) is 13.1 Å². The minimum atomic E-state index is -0.406. The number of tetrazole rings is 1. The van der Waals surface area contributed by atoms with Gasteiger partial charge in [-0.25, -0.2) is 4.68 Å². The molecule has 1 aromatic carbocycles. The second-order valence-corrected chi connectivity index (χ2v) is 5.82. The first-order valence-corrected chi connectivity index (χ1v) is 7.89. The molecule has 12 nitrogen and oxygen atoms in total. The molecule has 3 aromatic heterocycles. The molecular formula is C15H12N10O2. The van der Waals surface area contributed by atoms with Crippen LogP contribution in [0.2, 0.25) is 0 Å². The van der Waals surface area contributed by atoms with Crippen molar-refractivity contribution in [2.24, 2.45) is 0 Å². The molecule has 3 heterocycles. The Morgan fingerprint density at radius 3 is 2.44 bits per heavy atom. The third-order valence-corrected chi connectivity index (χ3v) is 4.00. The van der Waals surface area contributed by atoms with Gasteiger partial charge in [-0.2, -0.15) is 9.48 Å². The van der Waals surface area contributed by atoms with Gasteiger partial charge < -0.3 is 0 Å². The van der Waals surface area contributed by atoms with Crippen LogP contribution in [-0.4, -0.2) is 50.2 Å². The first-order chi connectivity index (χ1) is 13.1. The van der Waals surface area contributed by atoms with Gasteiger partial charge in [-0.1, -0.05) is 16.3 Å². The third kappa shape index (κ3) is 2.80. The summed E-state index contributed by atoms with van der Waals surface area (Å²) in [6.07, 6.45) is 6.52. The lowest BCUT2D eigenvalue weighted by Gasteiger charge is -2.12. The Morgan fingerprint density at radius 2 is 1.78 bits per heavy atom. The molecule has 4 aromatic rings. The van der Waals surface area contributed by atoms with Crippen molar-refractivity contribution in [3.8, 4) is 12.3 Å². The van der Waals surface area contributed by atoms with E-state index in [2.05, 4.69) is 42.0 Å². The molecule has 4 rings (SSSR count). The summed E-state index contributed by atoms with van der Waals surface area (Å²) in [5.74, 6) is 2.34. The van der Waals surface area contributed by atoms with Crippen molar-refractivity contribution >= 4 is 21.8 Å². The van der Waals surface area contributed by atoms with Crippen molar-refractivity contribution < 1.29 is 0 Å². The monoisotopic (exact) mass is 364 g/mol. The number of benzene rings is 1. The molecular weight excluding hydrogens is 352 g/mol. The van der Waals surface area contributed by atoms with Crippen LogP contribution in [0.25, 0.3) is 21.8 Å². The highest BCUT2D eigenvalue weighted by molar-refractivity contribution is 5.93. The highest BCUT2D eigenvalue weighted by Crippen LogP contribution is 2.14. The van der Waals surface area contributed by atoms with Crippen molar-refractivity contribution in [3.05, 3.63) is 39.2 Å². The summed E-state index contributed by atoms with van der Waals surface area (Å²) in [5, 5.41) is 27.6. The molecule has 0 saturated carbocycles. The third-order valence-electron chi connectivity index (χ3n) is 4.00. The van der Waals surface area contributed by atoms with Gasteiger partial charge in [0.1, 0.15) is 17.6 Å². The highest BCUT2D eigenvalue weighted by atomic mass is 16.1. The maximum Gasteiger partial charge on any atom is 0.278 e. The summed E-state index contributed by atoms with van der Waals surface area (Å²) in [4.78, 5) is 26.6. The molecule has 0 radical (unpaired) electrons. The second kappa shape index (κ2) is 6.37. The molecule has 0 aliphatic carbocycles. The van der Waals surface area contributed by atoms with Crippen LogP contribution >= 0.6 is 0 Å². The Bertz CT molecular complexity index is 1300. The van der Waals surface area contributed by atoms with E-state index in [1.54, 1.807) is 6.92 Å². The van der Waals surface area contributed by atoms with Crippen LogP contribution in [0.3, 0.4) is 0 Å². The standard InChI is InChI=1S/C15H12N10O2/c1-3-4-23-14(26)10-5-13-11(6-12(10)18-21-23)15(27)25(22-19-13)9(2)7-24-17-8-16-20-24/h1,5-6,8-9H,4,7H2,2H3/t9-/m1/s1. The molecule has 134 valence electrons. The van der Waals surface area contributed by atoms with E-state index in [0.717, 1.165) is 4.68 Å². The lowest BCUT2D eigenvalue weighted by molar-refractivity contribution is 0.354. The van der Waals surface area contributed by atoms with E-state index < -0.39 is 5.56 Å². The van der Waals surface area contributed by atoms with E-state index in [-0.39, 0.29) is 40.0 Å². The Labute approximate surface area is 150 Å². The lowest BCUT2D eigenvalue weighted by Crippen LogP contribution is -2.30. The van der Waals surface area contributed by atoms with Crippen LogP contribution in [0, 0.1) is 12.3 Å². The molecule has 0 spiro atoms. The van der Waals surface area contributed by atoms with E-state index in [0.29, 0.717) is 6.54 Å². The van der Waals surface area contributed by atoms with Crippen molar-refractivity contribution in [3.63, 3.8) is 0 Å². The van der Waals surface area contributed by atoms with E-state index in [1.165, 1.54) is 27.9 Å². The van der Waals surface area contributed by atoms with E-state index in [9.17, 15) is 9.59 Å². The van der Waals surface area contributed by atoms with Gasteiger partial charge in [0.2, 0.25) is 0 Å². The summed E-state index contributed by atoms with van der Waals surface area (Å²) in [7, 11) is 0. The molecule has 0 bridgehead atoms. The molecule has 12 heteroatoms. The van der Waals surface area contributed by atoms with Gasteiger partial charge in [0.05, 0.1) is 23.4 Å². The van der Waals surface area contributed by atoms with Gasteiger partial charge in [0.25, 0.3) is 11.1 Å². The summed E-state index contributed by atoms with van der Waals surface area (Å²) in [6.45, 7) is 2.08. The number of aromatic nitrogens is 10. The van der Waals surface area contributed by atoms with Crippen LogP contribution in [0.5, 0.6) is 0 Å². The Kier molecular flexibility index (Phi) is 3.88. The molecule has 0 unspecified atom stereocenters. The lowest BCUT2D eigenvalue weighted by atomic mass is 10.2. The van der Waals surface area contributed by atoms with Gasteiger partial charge in [-0.3, -0.25) is 9.59 Å². The number of nitrogens with zero attached hydrogens (tertiary/aromatic N) is 10. The van der Waals surface area contributed by atoms with Gasteiger partial charge in [-0.15, -0.1) is 26.8 Å². The number of hydrogen-bond acceptors (Lipinski definition) is 9. The number of terminal acetylenes is 1. The maximum absolute atomic E-state index is 12.8. The van der Waals surface area contributed by atoms with Gasteiger partial charge in [0.15, 0.2) is 6.33 Å². The minimum absolute atomic E-state index is 0.000912. The predicted octanol–water partition coefficient (Wildman–Crippen LogP) is -1.22. The zero-order chi connectivity index (χ0) is 19.0. The molecule has 1 atom stereocenters. The second-order valence-electron chi connectivity index (χ2n) is 5.82. The first kappa shape index (κ1) is 16.5. The van der Waals surface area contributed by atoms with Crippen LogP contribution in [0.1, 0.15) is 13.0 Å². The Morgan fingerprint density at radius 1 is 1.07 bits per heavy atom. The molecule has 0 fully saturated rings. The fourth-order valence-corrected chi connectivity index (χ4v) is 2.69. The average Bonchev–Trinajstić information content (AvgIpc) is 3.17. The molecule has 27 heavy (non-hydrogen) atoms. The molecule has 0 amide bonds. The average molecular weight is 364 g/mol. The normalized spacial score (nSPS) is 12.3. The number of fused-ring (bicyclic) bond motifs is 2. The fraction of sp³-hybridized carbons (Fsp3) is 0.267. The fourth-order valence-electron chi connectivity index (χ4n) is 2.69. The SMILES string of the molecule is C#CCn1nnc2cc3c(=O)n([C@H](C)Cn4ncnn4)nnc3cc2c1=O. The Hall–Kier alpha value is -4.01.